The third-order valence-corrected chi connectivity index (χ3v) is 3.62. The second-order valence-electron chi connectivity index (χ2n) is 4.77. The van der Waals surface area contributed by atoms with Gasteiger partial charge in [0.2, 0.25) is 0 Å². The van der Waals surface area contributed by atoms with E-state index in [9.17, 15) is 9.59 Å². The Morgan fingerprint density at radius 2 is 2.22 bits per heavy atom. The van der Waals surface area contributed by atoms with Crippen molar-refractivity contribution < 1.29 is 4.79 Å². The molecular weight excluding hydrogens is 314 g/mol. The zero-order valence-electron chi connectivity index (χ0n) is 12.2. The molecule has 0 bridgehead atoms. The summed E-state index contributed by atoms with van der Waals surface area (Å²) >= 11 is 0.974. The van der Waals surface area contributed by atoms with Crippen LogP contribution in [0.3, 0.4) is 0 Å². The smallest absolute Gasteiger partial charge is 0.277 e. The summed E-state index contributed by atoms with van der Waals surface area (Å²) in [5.74, 6) is 0.139. The first-order valence-electron chi connectivity index (χ1n) is 6.95. The molecule has 1 amide bonds. The van der Waals surface area contributed by atoms with Crippen LogP contribution >= 0.6 is 11.7 Å². The van der Waals surface area contributed by atoms with E-state index >= 15 is 0 Å². The molecule has 3 rings (SSSR count). The summed E-state index contributed by atoms with van der Waals surface area (Å²) in [7, 11) is 0. The van der Waals surface area contributed by atoms with Gasteiger partial charge in [0.15, 0.2) is 5.69 Å². The van der Waals surface area contributed by atoms with Crippen molar-refractivity contribution in [2.45, 2.75) is 13.3 Å². The zero-order valence-corrected chi connectivity index (χ0v) is 13.1. The third-order valence-electron chi connectivity index (χ3n) is 3.14. The molecule has 2 heterocycles. The molecule has 0 aliphatic rings. The van der Waals surface area contributed by atoms with Crippen LogP contribution in [-0.4, -0.2) is 24.6 Å². The van der Waals surface area contributed by atoms with Gasteiger partial charge in [0.1, 0.15) is 5.82 Å². The van der Waals surface area contributed by atoms with E-state index in [1.54, 1.807) is 18.2 Å². The number of aromatic nitrogens is 4. The Balaban J connectivity index is 1.89. The summed E-state index contributed by atoms with van der Waals surface area (Å²) in [6.07, 6.45) is 2.08. The number of benzene rings is 1. The highest BCUT2D eigenvalue weighted by Gasteiger charge is 2.10. The van der Waals surface area contributed by atoms with Crippen molar-refractivity contribution in [1.82, 2.24) is 18.7 Å². The third kappa shape index (κ3) is 3.49. The molecule has 0 spiro atoms. The van der Waals surface area contributed by atoms with Crippen LogP contribution in [0.25, 0.3) is 11.4 Å². The standard InChI is InChI=1S/C15H13N5O2S/c1-2-10-7-13(21)19-14(17-10)9-4-3-5-11(6-9)18-15(22)12-8-16-23-20-12/h3-8H,2H2,1H3,(H,18,22)(H,17,19,21). The van der Waals surface area contributed by atoms with E-state index in [4.69, 9.17) is 0 Å². The predicted octanol–water partition coefficient (Wildman–Crippen LogP) is 2.10. The van der Waals surface area contributed by atoms with Crippen molar-refractivity contribution >= 4 is 23.3 Å². The molecule has 0 radical (unpaired) electrons. The van der Waals surface area contributed by atoms with Crippen LogP contribution in [0.4, 0.5) is 5.69 Å². The number of hydrogen-bond acceptors (Lipinski definition) is 6. The normalized spacial score (nSPS) is 10.5. The number of anilines is 1. The van der Waals surface area contributed by atoms with Gasteiger partial charge in [0.05, 0.1) is 17.9 Å². The second-order valence-corrected chi connectivity index (χ2v) is 5.32. The molecule has 0 aliphatic carbocycles. The molecule has 2 N–H and O–H groups in total. The number of H-pyrrole nitrogens is 1. The number of carbonyl (C=O) groups is 1. The summed E-state index contributed by atoms with van der Waals surface area (Å²) in [6, 6.07) is 8.57. The molecule has 0 aliphatic heterocycles. The zero-order chi connectivity index (χ0) is 16.2. The summed E-state index contributed by atoms with van der Waals surface area (Å²) in [5, 5.41) is 2.74. The number of nitrogens with zero attached hydrogens (tertiary/aromatic N) is 3. The highest BCUT2D eigenvalue weighted by molar-refractivity contribution is 6.99. The molecule has 0 atom stereocenters. The van der Waals surface area contributed by atoms with Crippen LogP contribution in [0.15, 0.2) is 41.3 Å². The number of carbonyl (C=O) groups excluding carboxylic acids is 1. The van der Waals surface area contributed by atoms with Crippen molar-refractivity contribution in [3.63, 3.8) is 0 Å². The van der Waals surface area contributed by atoms with Gasteiger partial charge >= 0.3 is 0 Å². The molecule has 2 aromatic heterocycles. The average Bonchev–Trinajstić information content (AvgIpc) is 3.09. The molecule has 1 aromatic carbocycles. The summed E-state index contributed by atoms with van der Waals surface area (Å²) in [4.78, 5) is 30.8. The number of rotatable bonds is 4. The summed E-state index contributed by atoms with van der Waals surface area (Å²) in [5.41, 5.74) is 2.08. The van der Waals surface area contributed by atoms with E-state index in [1.165, 1.54) is 12.3 Å². The number of nitrogens with one attached hydrogen (secondary N) is 2. The number of hydrogen-bond donors (Lipinski definition) is 2. The van der Waals surface area contributed by atoms with E-state index in [2.05, 4.69) is 24.0 Å². The molecule has 0 saturated heterocycles. The fourth-order valence-electron chi connectivity index (χ4n) is 2.03. The first-order valence-corrected chi connectivity index (χ1v) is 7.68. The van der Waals surface area contributed by atoms with Crippen LogP contribution < -0.4 is 10.9 Å². The van der Waals surface area contributed by atoms with Crippen LogP contribution in [-0.2, 0) is 6.42 Å². The number of aryl methyl sites for hydroxylation is 1. The second kappa shape index (κ2) is 6.49. The molecule has 7 nitrogen and oxygen atoms in total. The molecule has 23 heavy (non-hydrogen) atoms. The van der Waals surface area contributed by atoms with E-state index in [0.29, 0.717) is 29.2 Å². The quantitative estimate of drug-likeness (QED) is 0.764. The van der Waals surface area contributed by atoms with Gasteiger partial charge in [-0.2, -0.15) is 8.75 Å². The van der Waals surface area contributed by atoms with Gasteiger partial charge in [-0.15, -0.1) is 0 Å². The molecule has 0 unspecified atom stereocenters. The summed E-state index contributed by atoms with van der Waals surface area (Å²) < 4.78 is 7.68. The van der Waals surface area contributed by atoms with Gasteiger partial charge in [0.25, 0.3) is 11.5 Å². The average molecular weight is 327 g/mol. The SMILES string of the molecule is CCc1cc(=O)[nH]c(-c2cccc(NC(=O)c3cnsn3)c2)n1. The first kappa shape index (κ1) is 15.0. The lowest BCUT2D eigenvalue weighted by Crippen LogP contribution is -2.12. The Hall–Kier alpha value is -2.87. The minimum Gasteiger partial charge on any atom is -0.321 e. The highest BCUT2D eigenvalue weighted by Crippen LogP contribution is 2.19. The fraction of sp³-hybridized carbons (Fsp3) is 0.133. The largest absolute Gasteiger partial charge is 0.321 e. The molecule has 3 aromatic rings. The van der Waals surface area contributed by atoms with Crippen LogP contribution in [0.1, 0.15) is 23.1 Å². The predicted molar refractivity (Wildman–Crippen MR) is 87.5 cm³/mol. The fourth-order valence-corrected chi connectivity index (χ4v) is 2.44. The Kier molecular flexibility index (Phi) is 4.24. The van der Waals surface area contributed by atoms with E-state index in [-0.39, 0.29) is 17.2 Å². The molecule has 0 fully saturated rings. The number of amides is 1. The maximum Gasteiger partial charge on any atom is 0.277 e. The molecule has 116 valence electrons. The van der Waals surface area contributed by atoms with Crippen molar-refractivity contribution in [3.8, 4) is 11.4 Å². The van der Waals surface area contributed by atoms with E-state index in [0.717, 1.165) is 11.7 Å². The number of aromatic amines is 1. The van der Waals surface area contributed by atoms with Crippen LogP contribution in [0.5, 0.6) is 0 Å². The Morgan fingerprint density at radius 3 is 2.96 bits per heavy atom. The molecule has 8 heteroatoms. The van der Waals surface area contributed by atoms with Gasteiger partial charge in [-0.05, 0) is 18.6 Å². The minimum absolute atomic E-state index is 0.199. The Morgan fingerprint density at radius 1 is 1.35 bits per heavy atom. The Labute approximate surface area is 135 Å². The van der Waals surface area contributed by atoms with Gasteiger partial charge in [-0.3, -0.25) is 9.59 Å². The lowest BCUT2D eigenvalue weighted by molar-refractivity contribution is 0.102. The monoisotopic (exact) mass is 327 g/mol. The maximum atomic E-state index is 12.0. The van der Waals surface area contributed by atoms with Crippen molar-refractivity contribution in [1.29, 1.82) is 0 Å². The maximum absolute atomic E-state index is 12.0. The van der Waals surface area contributed by atoms with Crippen molar-refractivity contribution in [2.24, 2.45) is 0 Å². The highest BCUT2D eigenvalue weighted by atomic mass is 32.1. The summed E-state index contributed by atoms with van der Waals surface area (Å²) in [6.45, 7) is 1.93. The van der Waals surface area contributed by atoms with Crippen LogP contribution in [0, 0.1) is 0 Å². The van der Waals surface area contributed by atoms with E-state index < -0.39 is 0 Å². The lowest BCUT2D eigenvalue weighted by Gasteiger charge is -2.07. The molecular formula is C15H13N5O2S. The van der Waals surface area contributed by atoms with Gasteiger partial charge in [0, 0.05) is 23.0 Å². The molecule has 0 saturated carbocycles. The van der Waals surface area contributed by atoms with Crippen LogP contribution in [0.2, 0.25) is 0 Å². The minimum atomic E-state index is -0.334. The van der Waals surface area contributed by atoms with E-state index in [1.807, 2.05) is 13.0 Å². The van der Waals surface area contributed by atoms with Gasteiger partial charge in [-0.25, -0.2) is 4.98 Å². The topological polar surface area (TPSA) is 101 Å². The Bertz CT molecular complexity index is 889. The van der Waals surface area contributed by atoms with Crippen molar-refractivity contribution in [2.75, 3.05) is 5.32 Å². The van der Waals surface area contributed by atoms with Gasteiger partial charge < -0.3 is 10.3 Å². The van der Waals surface area contributed by atoms with Crippen molar-refractivity contribution in [3.05, 3.63) is 58.3 Å². The first-order chi connectivity index (χ1) is 11.2. The van der Waals surface area contributed by atoms with Gasteiger partial charge in [-0.1, -0.05) is 19.1 Å². The lowest BCUT2D eigenvalue weighted by atomic mass is 10.1.